The van der Waals surface area contributed by atoms with Gasteiger partial charge >= 0.3 is 5.97 Å². The number of nitrogens with one attached hydrogen (secondary N) is 1. The Labute approximate surface area is 177 Å². The van der Waals surface area contributed by atoms with E-state index in [1.54, 1.807) is 0 Å². The smallest absolute Gasteiger partial charge is 0.350 e. The van der Waals surface area contributed by atoms with E-state index in [9.17, 15) is 40.4 Å². The van der Waals surface area contributed by atoms with Crippen LogP contribution in [0.5, 0.6) is 0 Å². The summed E-state index contributed by atoms with van der Waals surface area (Å²) in [6.45, 7) is 1.37. The first kappa shape index (κ1) is 27.0. The van der Waals surface area contributed by atoms with Crippen LogP contribution in [0.1, 0.15) is 19.8 Å². The minimum atomic E-state index is -2.35. The van der Waals surface area contributed by atoms with E-state index >= 15 is 0 Å². The Kier molecular flexibility index (Phi) is 11.4. The average Bonchev–Trinajstić information content (AvgIpc) is 2.70. The number of carbonyl (C=O) groups excluding carboxylic acids is 1. The zero-order valence-corrected chi connectivity index (χ0v) is 17.2. The van der Waals surface area contributed by atoms with E-state index in [2.05, 4.69) is 10.2 Å². The first-order valence-electron chi connectivity index (χ1n) is 9.21. The van der Waals surface area contributed by atoms with E-state index in [4.69, 9.17) is 15.2 Å². The minimum Gasteiger partial charge on any atom is -0.478 e. The molecule has 0 bridgehead atoms. The lowest BCUT2D eigenvalue weighted by molar-refractivity contribution is -0.296. The van der Waals surface area contributed by atoms with Crippen LogP contribution >= 0.6 is 11.8 Å². The fourth-order valence-corrected chi connectivity index (χ4v) is 3.84. The molecule has 1 amide bonds. The van der Waals surface area contributed by atoms with Crippen molar-refractivity contribution in [1.82, 2.24) is 5.32 Å². The Balaban J connectivity index is 2.82. The minimum absolute atomic E-state index is 0.120. The maximum absolute atomic E-state index is 11.7. The van der Waals surface area contributed by atoms with E-state index < -0.39 is 60.0 Å². The van der Waals surface area contributed by atoms with Gasteiger partial charge in [0.25, 0.3) is 0 Å². The number of carbonyl (C=O) groups is 2. The Morgan fingerprint density at radius 3 is 2.47 bits per heavy atom. The fourth-order valence-electron chi connectivity index (χ4n) is 2.65. The quantitative estimate of drug-likeness (QED) is 0.0599. The Morgan fingerprint density at radius 1 is 1.27 bits per heavy atom. The number of amides is 1. The fraction of sp³-hybridized carbons (Fsp3) is 0.875. The van der Waals surface area contributed by atoms with Gasteiger partial charge < -0.3 is 46.1 Å². The van der Waals surface area contributed by atoms with Gasteiger partial charge in [0, 0.05) is 25.6 Å². The molecule has 1 saturated heterocycles. The molecular weight excluding hydrogens is 428 g/mol. The van der Waals surface area contributed by atoms with Crippen molar-refractivity contribution in [3.8, 4) is 0 Å². The van der Waals surface area contributed by atoms with E-state index in [-0.39, 0.29) is 18.9 Å². The highest BCUT2D eigenvalue weighted by Crippen LogP contribution is 2.35. The molecule has 0 aromatic rings. The maximum Gasteiger partial charge on any atom is 0.350 e. The summed E-state index contributed by atoms with van der Waals surface area (Å²) in [5.74, 6) is -2.39. The van der Waals surface area contributed by atoms with Gasteiger partial charge in [-0.1, -0.05) is 0 Å². The molecule has 7 atom stereocenters. The van der Waals surface area contributed by atoms with E-state index in [0.717, 1.165) is 0 Å². The summed E-state index contributed by atoms with van der Waals surface area (Å²) in [5, 5.41) is 61.2. The van der Waals surface area contributed by atoms with E-state index in [1.165, 1.54) is 6.92 Å². The predicted molar refractivity (Wildman–Crippen MR) is 102 cm³/mol. The molecule has 30 heavy (non-hydrogen) atoms. The topological polar surface area (TPSA) is 221 Å². The lowest BCUT2D eigenvalue weighted by Crippen LogP contribution is -2.59. The summed E-state index contributed by atoms with van der Waals surface area (Å²) < 4.78 is 10.7. The van der Waals surface area contributed by atoms with E-state index in [0.29, 0.717) is 24.7 Å². The molecule has 1 fully saturated rings. The molecule has 0 radical (unpaired) electrons. The summed E-state index contributed by atoms with van der Waals surface area (Å²) >= 11 is 0.486. The second-order valence-electron chi connectivity index (χ2n) is 6.78. The molecule has 1 aliphatic heterocycles. The van der Waals surface area contributed by atoms with Crippen molar-refractivity contribution in [3.05, 3.63) is 0 Å². The third-order valence-electron chi connectivity index (χ3n) is 4.34. The number of thioether (sulfide) groups is 1. The molecule has 13 nitrogen and oxygen atoms in total. The Bertz CT molecular complexity index is 557. The zero-order valence-electron chi connectivity index (χ0n) is 16.4. The third kappa shape index (κ3) is 7.56. The second-order valence-corrected chi connectivity index (χ2v) is 8.06. The predicted octanol–water partition coefficient (Wildman–Crippen LogP) is -2.95. The molecule has 1 aliphatic rings. The van der Waals surface area contributed by atoms with Crippen LogP contribution in [0.25, 0.3) is 0 Å². The zero-order chi connectivity index (χ0) is 22.9. The first-order chi connectivity index (χ1) is 14.1. The number of nitrogens with two attached hydrogens (primary N) is 1. The number of aliphatic hydroxyl groups is 4. The lowest BCUT2D eigenvalue weighted by atomic mass is 10.00. The second kappa shape index (κ2) is 12.7. The molecule has 1 rings (SSSR count). The van der Waals surface area contributed by atoms with E-state index in [1.807, 2.05) is 0 Å². The van der Waals surface area contributed by atoms with Crippen molar-refractivity contribution in [2.45, 2.75) is 61.5 Å². The number of carboxylic acid groups (broad SMARTS) is 1. The normalized spacial score (nSPS) is 29.8. The van der Waals surface area contributed by atoms with Crippen molar-refractivity contribution >= 4 is 23.6 Å². The van der Waals surface area contributed by atoms with Gasteiger partial charge in [-0.05, 0) is 13.0 Å². The number of rotatable bonds is 13. The standard InChI is InChI=1S/C16H30N2O11S/c1-8(19)18-6-9(20)5-16(29-26,15(24)25)30-7-10-11(21)12(22)13(23)14(28-10)27-4-2-3-17/h9-14,20-23,26H,2-7,17H2,1H3,(H,18,19)(H,24,25)/t9?,10?,11-,12?,13?,14+,16?/m0/s1. The third-order valence-corrected chi connectivity index (χ3v) is 5.72. The molecule has 176 valence electrons. The molecule has 5 unspecified atom stereocenters. The molecule has 14 heteroatoms. The van der Waals surface area contributed by atoms with Crippen molar-refractivity contribution in [2.24, 2.45) is 5.73 Å². The SMILES string of the molecule is CC(=O)NCC(O)CC(OO)(SCC1O[C@@H](OCCCN)C(O)C(O)[C@H]1O)C(=O)O. The van der Waals surface area contributed by atoms with Gasteiger partial charge in [0.05, 0.1) is 18.8 Å². The Hall–Kier alpha value is -1.07. The van der Waals surface area contributed by atoms with Crippen LogP contribution in [0.4, 0.5) is 0 Å². The number of carboxylic acids is 1. The largest absolute Gasteiger partial charge is 0.478 e. The average molecular weight is 458 g/mol. The first-order valence-corrected chi connectivity index (χ1v) is 10.2. The van der Waals surface area contributed by atoms with Crippen LogP contribution in [0.3, 0.4) is 0 Å². The van der Waals surface area contributed by atoms with Gasteiger partial charge in [-0.25, -0.2) is 14.9 Å². The van der Waals surface area contributed by atoms with Gasteiger partial charge in [0.2, 0.25) is 10.8 Å². The number of ether oxygens (including phenoxy) is 2. The summed E-state index contributed by atoms with van der Waals surface area (Å²) in [4.78, 5) is 24.4. The molecule has 0 aliphatic carbocycles. The number of hydrogen-bond acceptors (Lipinski definition) is 12. The van der Waals surface area contributed by atoms with Gasteiger partial charge in [0.1, 0.15) is 18.3 Å². The van der Waals surface area contributed by atoms with Gasteiger partial charge in [0.15, 0.2) is 6.29 Å². The highest BCUT2D eigenvalue weighted by Gasteiger charge is 2.48. The number of aliphatic hydroxyl groups excluding tert-OH is 4. The lowest BCUT2D eigenvalue weighted by Gasteiger charge is -2.41. The summed E-state index contributed by atoms with van der Waals surface area (Å²) in [7, 11) is 0. The van der Waals surface area contributed by atoms with Crippen LogP contribution in [0.15, 0.2) is 0 Å². The van der Waals surface area contributed by atoms with Crippen molar-refractivity contribution < 1.29 is 54.7 Å². The molecule has 0 aromatic carbocycles. The molecular formula is C16H30N2O11S. The van der Waals surface area contributed by atoms with Crippen LogP contribution in [0, 0.1) is 0 Å². The Morgan fingerprint density at radius 2 is 1.93 bits per heavy atom. The van der Waals surface area contributed by atoms with Gasteiger partial charge in [-0.2, -0.15) is 0 Å². The van der Waals surface area contributed by atoms with Crippen molar-refractivity contribution in [3.63, 3.8) is 0 Å². The summed E-state index contributed by atoms with van der Waals surface area (Å²) in [6, 6.07) is 0. The van der Waals surface area contributed by atoms with Gasteiger partial charge in [-0.15, -0.1) is 11.8 Å². The molecule has 1 heterocycles. The van der Waals surface area contributed by atoms with Crippen LogP contribution in [0.2, 0.25) is 0 Å². The molecule has 0 aromatic heterocycles. The van der Waals surface area contributed by atoms with Crippen LogP contribution in [-0.4, -0.2) is 110 Å². The molecule has 9 N–H and O–H groups in total. The molecule has 0 spiro atoms. The maximum atomic E-state index is 11.7. The number of hydrogen-bond donors (Lipinski definition) is 8. The summed E-state index contributed by atoms with van der Waals surface area (Å²) in [6.07, 6.45) is -8.79. The molecule has 0 saturated carbocycles. The van der Waals surface area contributed by atoms with Crippen molar-refractivity contribution in [2.75, 3.05) is 25.4 Å². The summed E-state index contributed by atoms with van der Waals surface area (Å²) in [5.41, 5.74) is 5.36. The van der Waals surface area contributed by atoms with Crippen molar-refractivity contribution in [1.29, 1.82) is 0 Å². The van der Waals surface area contributed by atoms with Gasteiger partial charge in [-0.3, -0.25) is 4.79 Å². The highest BCUT2D eigenvalue weighted by molar-refractivity contribution is 8.01. The van der Waals surface area contributed by atoms with Crippen LogP contribution in [-0.2, 0) is 24.0 Å². The number of aliphatic carboxylic acids is 1. The van der Waals surface area contributed by atoms with Crippen LogP contribution < -0.4 is 11.1 Å². The monoisotopic (exact) mass is 458 g/mol. The highest BCUT2D eigenvalue weighted by atomic mass is 32.2.